The Labute approximate surface area is 115 Å². The lowest BCUT2D eigenvalue weighted by Gasteiger charge is -2.13. The Morgan fingerprint density at radius 1 is 0.950 bits per heavy atom. The Hall–Kier alpha value is -2.82. The van der Waals surface area contributed by atoms with Crippen LogP contribution in [-0.2, 0) is 4.79 Å². The largest absolute Gasteiger partial charge is 0.508 e. The van der Waals surface area contributed by atoms with E-state index < -0.39 is 11.9 Å². The minimum atomic E-state index is -0.795. The molecular formula is C15H13NO4. The predicted molar refractivity (Wildman–Crippen MR) is 72.5 cm³/mol. The van der Waals surface area contributed by atoms with Gasteiger partial charge in [0.1, 0.15) is 23.8 Å². The summed E-state index contributed by atoms with van der Waals surface area (Å²) in [7, 11) is 0. The predicted octanol–water partition coefficient (Wildman–Crippen LogP) is 1.77. The van der Waals surface area contributed by atoms with E-state index in [-0.39, 0.29) is 11.5 Å². The number of aromatic hydroxyl groups is 2. The molecule has 1 amide bonds. The molecule has 0 aliphatic carbocycles. The number of hydrogen-bond acceptors (Lipinski definition) is 4. The van der Waals surface area contributed by atoms with E-state index in [0.717, 1.165) is 0 Å². The van der Waals surface area contributed by atoms with Crippen molar-refractivity contribution >= 4 is 12.2 Å². The highest BCUT2D eigenvalue weighted by Gasteiger charge is 2.14. The first-order valence-electron chi connectivity index (χ1n) is 5.94. The first kappa shape index (κ1) is 13.6. The number of phenolic OH excluding ortho intramolecular Hbond substituents is 2. The smallest absolute Gasteiger partial charge is 0.252 e. The third kappa shape index (κ3) is 3.14. The van der Waals surface area contributed by atoms with E-state index in [4.69, 9.17) is 5.11 Å². The lowest BCUT2D eigenvalue weighted by atomic mass is 10.1. The Bertz CT molecular complexity index is 605. The topological polar surface area (TPSA) is 86.6 Å². The minimum Gasteiger partial charge on any atom is -0.508 e. The van der Waals surface area contributed by atoms with Crippen LogP contribution < -0.4 is 5.32 Å². The molecule has 2 rings (SSSR count). The summed E-state index contributed by atoms with van der Waals surface area (Å²) in [5, 5.41) is 20.9. The van der Waals surface area contributed by atoms with Gasteiger partial charge in [-0.1, -0.05) is 12.1 Å². The number of aldehydes is 1. The molecule has 1 atom stereocenters. The molecule has 2 aromatic rings. The molecule has 0 aliphatic heterocycles. The summed E-state index contributed by atoms with van der Waals surface area (Å²) in [5.74, 6) is -0.273. The molecule has 1 unspecified atom stereocenters. The Kier molecular flexibility index (Phi) is 4.00. The third-order valence-electron chi connectivity index (χ3n) is 2.80. The van der Waals surface area contributed by atoms with Gasteiger partial charge in [-0.05, 0) is 42.0 Å². The Morgan fingerprint density at radius 3 is 1.95 bits per heavy atom. The SMILES string of the molecule is O=CC(NC(=O)c1ccc(O)cc1)c1ccc(O)cc1. The van der Waals surface area contributed by atoms with E-state index in [1.54, 1.807) is 12.1 Å². The van der Waals surface area contributed by atoms with Crippen molar-refractivity contribution in [3.63, 3.8) is 0 Å². The molecule has 0 bridgehead atoms. The van der Waals surface area contributed by atoms with Gasteiger partial charge in [-0.2, -0.15) is 0 Å². The Morgan fingerprint density at radius 2 is 1.45 bits per heavy atom. The summed E-state index contributed by atoms with van der Waals surface area (Å²) < 4.78 is 0. The van der Waals surface area contributed by atoms with Crippen molar-refractivity contribution in [2.75, 3.05) is 0 Å². The molecule has 2 aromatic carbocycles. The molecule has 0 heterocycles. The quantitative estimate of drug-likeness (QED) is 0.740. The zero-order valence-corrected chi connectivity index (χ0v) is 10.5. The number of hydrogen-bond donors (Lipinski definition) is 3. The molecule has 0 saturated heterocycles. The van der Waals surface area contributed by atoms with Crippen molar-refractivity contribution in [2.24, 2.45) is 0 Å². The second-order valence-electron chi connectivity index (χ2n) is 4.23. The molecule has 0 saturated carbocycles. The van der Waals surface area contributed by atoms with Crippen LogP contribution in [-0.4, -0.2) is 22.4 Å². The van der Waals surface area contributed by atoms with Gasteiger partial charge in [0.05, 0.1) is 0 Å². The minimum absolute atomic E-state index is 0.0621. The van der Waals surface area contributed by atoms with Crippen LogP contribution in [0.3, 0.4) is 0 Å². The molecule has 0 spiro atoms. The van der Waals surface area contributed by atoms with Crippen LogP contribution in [0.1, 0.15) is 22.0 Å². The van der Waals surface area contributed by atoms with Crippen molar-refractivity contribution in [3.05, 3.63) is 59.7 Å². The molecular weight excluding hydrogens is 258 g/mol. The summed E-state index contributed by atoms with van der Waals surface area (Å²) in [6.45, 7) is 0. The lowest BCUT2D eigenvalue weighted by Crippen LogP contribution is -2.29. The average molecular weight is 271 g/mol. The van der Waals surface area contributed by atoms with Gasteiger partial charge in [-0.3, -0.25) is 4.79 Å². The number of rotatable bonds is 4. The van der Waals surface area contributed by atoms with E-state index in [1.165, 1.54) is 36.4 Å². The Balaban J connectivity index is 2.13. The highest BCUT2D eigenvalue weighted by Crippen LogP contribution is 2.16. The maximum atomic E-state index is 12.0. The maximum absolute atomic E-state index is 12.0. The molecule has 5 heteroatoms. The van der Waals surface area contributed by atoms with Crippen molar-refractivity contribution < 1.29 is 19.8 Å². The molecule has 0 radical (unpaired) electrons. The van der Waals surface area contributed by atoms with Gasteiger partial charge in [0.2, 0.25) is 0 Å². The standard InChI is InChI=1S/C15H13NO4/c17-9-14(10-1-5-12(18)6-2-10)16-15(20)11-3-7-13(19)8-4-11/h1-9,14,18-19H,(H,16,20). The van der Waals surface area contributed by atoms with Gasteiger partial charge in [-0.15, -0.1) is 0 Å². The van der Waals surface area contributed by atoms with Crippen LogP contribution in [0, 0.1) is 0 Å². The van der Waals surface area contributed by atoms with Crippen LogP contribution in [0.5, 0.6) is 11.5 Å². The molecule has 3 N–H and O–H groups in total. The number of nitrogens with one attached hydrogen (secondary N) is 1. The lowest BCUT2D eigenvalue weighted by molar-refractivity contribution is -0.109. The molecule has 0 aliphatic rings. The maximum Gasteiger partial charge on any atom is 0.252 e. The monoisotopic (exact) mass is 271 g/mol. The number of phenols is 2. The summed E-state index contributed by atoms with van der Waals surface area (Å²) in [6.07, 6.45) is 0.616. The van der Waals surface area contributed by atoms with Gasteiger partial charge in [0.25, 0.3) is 5.91 Å². The first-order chi connectivity index (χ1) is 9.60. The second-order valence-corrected chi connectivity index (χ2v) is 4.23. The van der Waals surface area contributed by atoms with Crippen molar-refractivity contribution in [3.8, 4) is 11.5 Å². The van der Waals surface area contributed by atoms with E-state index in [1.807, 2.05) is 0 Å². The molecule has 0 fully saturated rings. The zero-order chi connectivity index (χ0) is 14.5. The summed E-state index contributed by atoms with van der Waals surface area (Å²) in [4.78, 5) is 23.1. The molecule has 102 valence electrons. The van der Waals surface area contributed by atoms with Gasteiger partial charge in [0.15, 0.2) is 0 Å². The van der Waals surface area contributed by atoms with Crippen LogP contribution in [0.2, 0.25) is 0 Å². The van der Waals surface area contributed by atoms with Gasteiger partial charge >= 0.3 is 0 Å². The average Bonchev–Trinajstić information content (AvgIpc) is 2.46. The fraction of sp³-hybridized carbons (Fsp3) is 0.0667. The van der Waals surface area contributed by atoms with Crippen LogP contribution in [0.4, 0.5) is 0 Å². The summed E-state index contributed by atoms with van der Waals surface area (Å²) >= 11 is 0. The van der Waals surface area contributed by atoms with Crippen molar-refractivity contribution in [2.45, 2.75) is 6.04 Å². The molecule has 0 aromatic heterocycles. The number of carbonyl (C=O) groups is 2. The fourth-order valence-corrected chi connectivity index (χ4v) is 1.71. The van der Waals surface area contributed by atoms with E-state index in [9.17, 15) is 14.7 Å². The number of benzene rings is 2. The van der Waals surface area contributed by atoms with Gasteiger partial charge in [-0.25, -0.2) is 0 Å². The van der Waals surface area contributed by atoms with Crippen LogP contribution in [0.15, 0.2) is 48.5 Å². The summed E-state index contributed by atoms with van der Waals surface area (Å²) in [5.41, 5.74) is 0.915. The number of amides is 1. The van der Waals surface area contributed by atoms with Crippen molar-refractivity contribution in [1.82, 2.24) is 5.32 Å². The molecule has 20 heavy (non-hydrogen) atoms. The van der Waals surface area contributed by atoms with E-state index >= 15 is 0 Å². The molecule has 5 nitrogen and oxygen atoms in total. The van der Waals surface area contributed by atoms with Gasteiger partial charge in [0, 0.05) is 5.56 Å². The highest BCUT2D eigenvalue weighted by atomic mass is 16.3. The summed E-state index contributed by atoms with van der Waals surface area (Å²) in [6, 6.07) is 10.9. The highest BCUT2D eigenvalue weighted by molar-refractivity contribution is 5.95. The fourth-order valence-electron chi connectivity index (χ4n) is 1.71. The van der Waals surface area contributed by atoms with E-state index in [2.05, 4.69) is 5.32 Å². The normalized spacial score (nSPS) is 11.6. The van der Waals surface area contributed by atoms with Gasteiger partial charge < -0.3 is 20.3 Å². The van der Waals surface area contributed by atoms with Crippen molar-refractivity contribution in [1.29, 1.82) is 0 Å². The van der Waals surface area contributed by atoms with Crippen LogP contribution >= 0.6 is 0 Å². The number of carbonyl (C=O) groups excluding carboxylic acids is 2. The first-order valence-corrected chi connectivity index (χ1v) is 5.94. The van der Waals surface area contributed by atoms with Crippen LogP contribution in [0.25, 0.3) is 0 Å². The zero-order valence-electron chi connectivity index (χ0n) is 10.5. The van der Waals surface area contributed by atoms with E-state index in [0.29, 0.717) is 17.4 Å². The second kappa shape index (κ2) is 5.88. The third-order valence-corrected chi connectivity index (χ3v) is 2.80.